The second kappa shape index (κ2) is 5.90. The summed E-state index contributed by atoms with van der Waals surface area (Å²) in [5.74, 6) is -0.171. The van der Waals surface area contributed by atoms with Gasteiger partial charge in [-0.1, -0.05) is 6.07 Å². The fourth-order valence-corrected chi connectivity index (χ4v) is 2.59. The summed E-state index contributed by atoms with van der Waals surface area (Å²) in [5, 5.41) is 9.17. The van der Waals surface area contributed by atoms with Crippen molar-refractivity contribution in [1.82, 2.24) is 9.80 Å². The summed E-state index contributed by atoms with van der Waals surface area (Å²) in [4.78, 5) is 4.54. The van der Waals surface area contributed by atoms with Gasteiger partial charge < -0.3 is 0 Å². The van der Waals surface area contributed by atoms with Gasteiger partial charge in [-0.05, 0) is 44.0 Å². The predicted molar refractivity (Wildman–Crippen MR) is 77.7 cm³/mol. The summed E-state index contributed by atoms with van der Waals surface area (Å²) in [6, 6.07) is 7.32. The molecule has 4 heteroatoms. The van der Waals surface area contributed by atoms with E-state index in [9.17, 15) is 4.39 Å². The number of rotatable bonds is 3. The molecular weight excluding hydrogens is 253 g/mol. The highest BCUT2D eigenvalue weighted by Gasteiger charge is 2.29. The number of benzene rings is 1. The summed E-state index contributed by atoms with van der Waals surface area (Å²) < 4.78 is 13.3. The first-order valence-corrected chi connectivity index (χ1v) is 7.06. The van der Waals surface area contributed by atoms with Crippen molar-refractivity contribution in [3.63, 3.8) is 0 Å². The lowest BCUT2D eigenvalue weighted by molar-refractivity contribution is 0.0762. The van der Waals surface area contributed by atoms with Gasteiger partial charge in [0.15, 0.2) is 0 Å². The molecule has 2 rings (SSSR count). The molecule has 0 spiro atoms. The van der Waals surface area contributed by atoms with Gasteiger partial charge in [0.2, 0.25) is 0 Å². The van der Waals surface area contributed by atoms with Crippen LogP contribution in [0.2, 0.25) is 0 Å². The molecule has 1 aliphatic heterocycles. The molecule has 0 amide bonds. The van der Waals surface area contributed by atoms with Gasteiger partial charge in [0.05, 0.1) is 6.07 Å². The van der Waals surface area contributed by atoms with Crippen LogP contribution in [-0.4, -0.2) is 41.5 Å². The number of hydrogen-bond donors (Lipinski definition) is 0. The van der Waals surface area contributed by atoms with Crippen LogP contribution in [0.3, 0.4) is 0 Å². The average Bonchev–Trinajstić information content (AvgIpc) is 2.43. The highest BCUT2D eigenvalue weighted by molar-refractivity contribution is 5.26. The summed E-state index contributed by atoms with van der Waals surface area (Å²) in [7, 11) is 0. The molecule has 1 aromatic carbocycles. The molecule has 0 N–H and O–H groups in total. The zero-order valence-electron chi connectivity index (χ0n) is 12.5. The van der Waals surface area contributed by atoms with Crippen LogP contribution < -0.4 is 0 Å². The Morgan fingerprint density at radius 2 is 1.90 bits per heavy atom. The van der Waals surface area contributed by atoms with Crippen LogP contribution in [-0.2, 0) is 6.54 Å². The summed E-state index contributed by atoms with van der Waals surface area (Å²) >= 11 is 0. The minimum Gasteiger partial charge on any atom is -0.297 e. The maximum absolute atomic E-state index is 13.3. The molecule has 0 aromatic heterocycles. The monoisotopic (exact) mass is 275 g/mol. The second-order valence-corrected chi connectivity index (χ2v) is 6.00. The van der Waals surface area contributed by atoms with Gasteiger partial charge in [0.1, 0.15) is 11.4 Å². The molecule has 3 nitrogen and oxygen atoms in total. The fraction of sp³-hybridized carbons (Fsp3) is 0.562. The van der Waals surface area contributed by atoms with Gasteiger partial charge in [0.25, 0.3) is 0 Å². The second-order valence-electron chi connectivity index (χ2n) is 6.00. The van der Waals surface area contributed by atoms with Crippen LogP contribution in [0.5, 0.6) is 0 Å². The minimum absolute atomic E-state index is 0.171. The molecule has 0 bridgehead atoms. The van der Waals surface area contributed by atoms with E-state index in [1.807, 2.05) is 26.8 Å². The number of piperazine rings is 1. The first kappa shape index (κ1) is 15.0. The van der Waals surface area contributed by atoms with E-state index < -0.39 is 5.54 Å². The van der Waals surface area contributed by atoms with Crippen molar-refractivity contribution in [1.29, 1.82) is 5.26 Å². The average molecular weight is 275 g/mol. The maximum atomic E-state index is 13.3. The van der Waals surface area contributed by atoms with Crippen molar-refractivity contribution < 1.29 is 4.39 Å². The molecular formula is C16H22FN3. The third-order valence-corrected chi connectivity index (χ3v) is 4.14. The molecule has 1 aromatic rings. The van der Waals surface area contributed by atoms with Crippen molar-refractivity contribution >= 4 is 0 Å². The van der Waals surface area contributed by atoms with Crippen molar-refractivity contribution in [3.8, 4) is 6.07 Å². The Balaban J connectivity index is 1.95. The van der Waals surface area contributed by atoms with Crippen molar-refractivity contribution in [2.75, 3.05) is 26.2 Å². The van der Waals surface area contributed by atoms with Crippen molar-refractivity contribution in [2.24, 2.45) is 0 Å². The maximum Gasteiger partial charge on any atom is 0.123 e. The first-order valence-electron chi connectivity index (χ1n) is 7.06. The highest BCUT2D eigenvalue weighted by atomic mass is 19.1. The first-order chi connectivity index (χ1) is 9.42. The van der Waals surface area contributed by atoms with Gasteiger partial charge in [-0.2, -0.15) is 5.26 Å². The van der Waals surface area contributed by atoms with Gasteiger partial charge in [-0.25, -0.2) is 4.39 Å². The van der Waals surface area contributed by atoms with Crippen LogP contribution in [0.1, 0.15) is 25.0 Å². The topological polar surface area (TPSA) is 30.3 Å². The third kappa shape index (κ3) is 3.36. The molecule has 0 unspecified atom stereocenters. The largest absolute Gasteiger partial charge is 0.297 e. The molecule has 1 aliphatic rings. The van der Waals surface area contributed by atoms with E-state index in [0.29, 0.717) is 0 Å². The van der Waals surface area contributed by atoms with Crippen LogP contribution >= 0.6 is 0 Å². The third-order valence-electron chi connectivity index (χ3n) is 4.14. The molecule has 0 saturated carbocycles. The van der Waals surface area contributed by atoms with E-state index in [2.05, 4.69) is 15.9 Å². The number of halogens is 1. The number of hydrogen-bond acceptors (Lipinski definition) is 3. The van der Waals surface area contributed by atoms with E-state index in [1.54, 1.807) is 6.07 Å². The van der Waals surface area contributed by atoms with E-state index in [4.69, 9.17) is 5.26 Å². The van der Waals surface area contributed by atoms with Gasteiger partial charge in [-0.15, -0.1) is 0 Å². The number of nitriles is 1. The number of aryl methyl sites for hydroxylation is 1. The molecule has 0 atom stereocenters. The number of nitrogens with zero attached hydrogens (tertiary/aromatic N) is 3. The lowest BCUT2D eigenvalue weighted by atomic mass is 10.0. The Labute approximate surface area is 120 Å². The molecule has 0 radical (unpaired) electrons. The van der Waals surface area contributed by atoms with Gasteiger partial charge >= 0.3 is 0 Å². The van der Waals surface area contributed by atoms with Gasteiger partial charge in [-0.3, -0.25) is 9.80 Å². The Bertz CT molecular complexity index is 511. The van der Waals surface area contributed by atoms with E-state index in [1.165, 1.54) is 6.07 Å². The molecule has 1 saturated heterocycles. The summed E-state index contributed by atoms with van der Waals surface area (Å²) in [5.41, 5.74) is 1.78. The Hall–Kier alpha value is -1.44. The van der Waals surface area contributed by atoms with E-state index in [0.717, 1.165) is 43.9 Å². The molecule has 0 aliphatic carbocycles. The predicted octanol–water partition coefficient (Wildman–Crippen LogP) is 2.55. The standard InChI is InChI=1S/C16H22FN3/c1-13-4-5-15(17)10-14(13)11-19-6-8-20(9-7-19)16(2,3)12-18/h4-5,10H,6-9,11H2,1-3H3. The summed E-state index contributed by atoms with van der Waals surface area (Å²) in [6.07, 6.45) is 0. The molecule has 1 heterocycles. The smallest absolute Gasteiger partial charge is 0.123 e. The van der Waals surface area contributed by atoms with Crippen LogP contribution in [0.15, 0.2) is 18.2 Å². The van der Waals surface area contributed by atoms with Crippen molar-refractivity contribution in [2.45, 2.75) is 32.9 Å². The Kier molecular flexibility index (Phi) is 4.42. The lowest BCUT2D eigenvalue weighted by Gasteiger charge is -2.40. The van der Waals surface area contributed by atoms with Crippen LogP contribution in [0.4, 0.5) is 4.39 Å². The summed E-state index contributed by atoms with van der Waals surface area (Å²) in [6.45, 7) is 10.3. The fourth-order valence-electron chi connectivity index (χ4n) is 2.59. The minimum atomic E-state index is -0.402. The Morgan fingerprint density at radius 3 is 2.50 bits per heavy atom. The molecule has 108 valence electrons. The SMILES string of the molecule is Cc1ccc(F)cc1CN1CCN(C(C)(C)C#N)CC1. The van der Waals surface area contributed by atoms with E-state index >= 15 is 0 Å². The normalized spacial score (nSPS) is 17.9. The highest BCUT2D eigenvalue weighted by Crippen LogP contribution is 2.18. The quantitative estimate of drug-likeness (QED) is 0.849. The molecule has 1 fully saturated rings. The Morgan fingerprint density at radius 1 is 1.25 bits per heavy atom. The lowest BCUT2D eigenvalue weighted by Crippen LogP contribution is -2.53. The van der Waals surface area contributed by atoms with Gasteiger partial charge in [0, 0.05) is 32.7 Å². The van der Waals surface area contributed by atoms with E-state index in [-0.39, 0.29) is 5.82 Å². The van der Waals surface area contributed by atoms with Crippen LogP contribution in [0.25, 0.3) is 0 Å². The zero-order chi connectivity index (χ0) is 14.8. The van der Waals surface area contributed by atoms with Crippen LogP contribution in [0, 0.1) is 24.1 Å². The zero-order valence-corrected chi connectivity index (χ0v) is 12.5. The van der Waals surface area contributed by atoms with Crippen molar-refractivity contribution in [3.05, 3.63) is 35.1 Å². The molecule has 20 heavy (non-hydrogen) atoms.